The molecule has 0 saturated heterocycles. The number of hydrogen-bond donors (Lipinski definition) is 0. The Bertz CT molecular complexity index is 194. The van der Waals surface area contributed by atoms with Crippen molar-refractivity contribution in [3.05, 3.63) is 5.51 Å². The molecule has 4 heteroatoms. The highest BCUT2D eigenvalue weighted by atomic mass is 32.2. The van der Waals surface area contributed by atoms with Gasteiger partial charge in [0.15, 0.2) is 4.34 Å². The van der Waals surface area contributed by atoms with E-state index in [9.17, 15) is 0 Å². The van der Waals surface area contributed by atoms with E-state index >= 15 is 0 Å². The van der Waals surface area contributed by atoms with E-state index in [2.05, 4.69) is 10.2 Å². The predicted octanol–water partition coefficient (Wildman–Crippen LogP) is 2.04. The molecule has 0 radical (unpaired) electrons. The third-order valence-corrected chi connectivity index (χ3v) is 3.57. The maximum atomic E-state index is 3.95. The van der Waals surface area contributed by atoms with Crippen LogP contribution in [0.4, 0.5) is 0 Å². The lowest BCUT2D eigenvalue weighted by Gasteiger charge is -1.89. The van der Waals surface area contributed by atoms with E-state index < -0.39 is 0 Å². The van der Waals surface area contributed by atoms with Gasteiger partial charge in [-0.2, -0.15) is 0 Å². The minimum atomic E-state index is 0.980. The Labute approximate surface area is 68.1 Å². The maximum absolute atomic E-state index is 3.95. The smallest absolute Gasteiger partial charge is 0.146 e. The quantitative estimate of drug-likeness (QED) is 0.652. The van der Waals surface area contributed by atoms with Gasteiger partial charge in [-0.3, -0.25) is 0 Å². The molecular weight excluding hydrogens is 164 g/mol. The van der Waals surface area contributed by atoms with Gasteiger partial charge in [-0.05, 0) is 18.8 Å². The van der Waals surface area contributed by atoms with Crippen LogP contribution in [0.5, 0.6) is 0 Å². The second kappa shape index (κ2) is 2.88. The molecule has 0 aromatic carbocycles. The molecule has 0 bridgehead atoms. The highest BCUT2D eigenvalue weighted by Gasteiger charge is 2.21. The van der Waals surface area contributed by atoms with Gasteiger partial charge < -0.3 is 0 Å². The Kier molecular flexibility index (Phi) is 1.90. The van der Waals surface area contributed by atoms with Gasteiger partial charge in [-0.15, -0.1) is 10.2 Å². The van der Waals surface area contributed by atoms with Crippen LogP contribution in [0.1, 0.15) is 12.8 Å². The zero-order chi connectivity index (χ0) is 6.81. The fraction of sp³-hybridized carbons (Fsp3) is 0.667. The van der Waals surface area contributed by atoms with Gasteiger partial charge in [0.1, 0.15) is 5.51 Å². The number of hydrogen-bond acceptors (Lipinski definition) is 4. The molecule has 1 aliphatic rings. The van der Waals surface area contributed by atoms with Crippen molar-refractivity contribution in [3.8, 4) is 0 Å². The average molecular weight is 172 g/mol. The number of nitrogens with zero attached hydrogens (tertiary/aromatic N) is 2. The Balaban J connectivity index is 1.79. The first-order valence-corrected chi connectivity index (χ1v) is 5.20. The first-order chi connectivity index (χ1) is 4.95. The number of thioether (sulfide) groups is 1. The van der Waals surface area contributed by atoms with Crippen molar-refractivity contribution in [2.24, 2.45) is 5.92 Å². The summed E-state index contributed by atoms with van der Waals surface area (Å²) in [5.41, 5.74) is 1.79. The topological polar surface area (TPSA) is 25.8 Å². The molecule has 10 heavy (non-hydrogen) atoms. The van der Waals surface area contributed by atoms with E-state index in [0.717, 1.165) is 10.3 Å². The van der Waals surface area contributed by atoms with Gasteiger partial charge in [-0.1, -0.05) is 23.1 Å². The average Bonchev–Trinajstić information content (AvgIpc) is 2.63. The van der Waals surface area contributed by atoms with Crippen LogP contribution in [0.25, 0.3) is 0 Å². The molecule has 2 rings (SSSR count). The molecule has 1 saturated carbocycles. The second-order valence-electron chi connectivity index (χ2n) is 2.46. The highest BCUT2D eigenvalue weighted by molar-refractivity contribution is 8.01. The Hall–Kier alpha value is -0.0900. The summed E-state index contributed by atoms with van der Waals surface area (Å²) in [6.07, 6.45) is 2.84. The van der Waals surface area contributed by atoms with Gasteiger partial charge >= 0.3 is 0 Å². The summed E-state index contributed by atoms with van der Waals surface area (Å²) in [6.45, 7) is 0. The van der Waals surface area contributed by atoms with Crippen molar-refractivity contribution in [1.29, 1.82) is 0 Å². The number of aromatic nitrogens is 2. The lowest BCUT2D eigenvalue weighted by Crippen LogP contribution is -1.79. The second-order valence-corrected chi connectivity index (χ2v) is 4.56. The van der Waals surface area contributed by atoms with Crippen molar-refractivity contribution in [2.75, 3.05) is 5.75 Å². The predicted molar refractivity (Wildman–Crippen MR) is 43.4 cm³/mol. The normalized spacial score (nSPS) is 17.6. The minimum Gasteiger partial charge on any atom is -0.146 e. The summed E-state index contributed by atoms with van der Waals surface area (Å²) in [7, 11) is 0. The van der Waals surface area contributed by atoms with Crippen LogP contribution in [0, 0.1) is 5.92 Å². The molecule has 0 aliphatic heterocycles. The Morgan fingerprint density at radius 2 is 2.60 bits per heavy atom. The fourth-order valence-corrected chi connectivity index (χ4v) is 2.40. The van der Waals surface area contributed by atoms with Crippen molar-refractivity contribution >= 4 is 23.1 Å². The van der Waals surface area contributed by atoms with E-state index in [-0.39, 0.29) is 0 Å². The van der Waals surface area contributed by atoms with Crippen molar-refractivity contribution in [1.82, 2.24) is 10.2 Å². The third kappa shape index (κ3) is 1.70. The zero-order valence-corrected chi connectivity index (χ0v) is 7.12. The van der Waals surface area contributed by atoms with Crippen molar-refractivity contribution in [2.45, 2.75) is 17.2 Å². The molecule has 1 aromatic rings. The fourth-order valence-electron chi connectivity index (χ4n) is 0.699. The zero-order valence-electron chi connectivity index (χ0n) is 5.49. The van der Waals surface area contributed by atoms with E-state index in [1.807, 2.05) is 11.8 Å². The van der Waals surface area contributed by atoms with Gasteiger partial charge in [-0.25, -0.2) is 0 Å². The van der Waals surface area contributed by atoms with E-state index in [1.165, 1.54) is 18.6 Å². The van der Waals surface area contributed by atoms with Crippen LogP contribution in [-0.2, 0) is 0 Å². The van der Waals surface area contributed by atoms with E-state index in [4.69, 9.17) is 0 Å². The molecule has 1 aliphatic carbocycles. The Morgan fingerprint density at radius 1 is 1.70 bits per heavy atom. The SMILES string of the molecule is c1nnc(SCC2CC2)s1. The van der Waals surface area contributed by atoms with Crippen LogP contribution in [0.3, 0.4) is 0 Å². The van der Waals surface area contributed by atoms with Crippen LogP contribution in [-0.4, -0.2) is 16.0 Å². The molecule has 0 atom stereocenters. The maximum Gasteiger partial charge on any atom is 0.174 e. The minimum absolute atomic E-state index is 0.980. The summed E-state index contributed by atoms with van der Waals surface area (Å²) in [5, 5.41) is 7.72. The molecule has 54 valence electrons. The van der Waals surface area contributed by atoms with Gasteiger partial charge in [0.05, 0.1) is 0 Å². The summed E-state index contributed by atoms with van der Waals surface area (Å²) < 4.78 is 1.12. The third-order valence-electron chi connectivity index (χ3n) is 1.48. The molecule has 0 N–H and O–H groups in total. The first kappa shape index (κ1) is 6.61. The monoisotopic (exact) mass is 172 g/mol. The molecule has 0 unspecified atom stereocenters. The lowest BCUT2D eigenvalue weighted by molar-refractivity contribution is 0.980. The lowest BCUT2D eigenvalue weighted by atomic mass is 10.5. The standard InChI is InChI=1S/C6H8N2S2/c1-2-5(1)3-9-6-8-7-4-10-6/h4-5H,1-3H2. The molecule has 0 spiro atoms. The van der Waals surface area contributed by atoms with Crippen LogP contribution in [0.15, 0.2) is 9.85 Å². The summed E-state index contributed by atoms with van der Waals surface area (Å²) >= 11 is 3.48. The highest BCUT2D eigenvalue weighted by Crippen LogP contribution is 2.35. The first-order valence-electron chi connectivity index (χ1n) is 3.34. The summed E-state index contributed by atoms with van der Waals surface area (Å²) in [6, 6.07) is 0. The van der Waals surface area contributed by atoms with E-state index in [0.29, 0.717) is 0 Å². The molecule has 1 fully saturated rings. The van der Waals surface area contributed by atoms with Gasteiger partial charge in [0.2, 0.25) is 0 Å². The van der Waals surface area contributed by atoms with Crippen LogP contribution < -0.4 is 0 Å². The van der Waals surface area contributed by atoms with Gasteiger partial charge in [0.25, 0.3) is 0 Å². The molecule has 2 nitrogen and oxygen atoms in total. The summed E-state index contributed by atoms with van der Waals surface area (Å²) in [5.74, 6) is 2.23. The summed E-state index contributed by atoms with van der Waals surface area (Å²) in [4.78, 5) is 0. The molecule has 1 heterocycles. The van der Waals surface area contributed by atoms with Crippen LogP contribution >= 0.6 is 23.1 Å². The van der Waals surface area contributed by atoms with Crippen molar-refractivity contribution in [3.63, 3.8) is 0 Å². The Morgan fingerprint density at radius 3 is 3.20 bits per heavy atom. The van der Waals surface area contributed by atoms with E-state index in [1.54, 1.807) is 16.8 Å². The van der Waals surface area contributed by atoms with Gasteiger partial charge in [0, 0.05) is 5.75 Å². The number of rotatable bonds is 3. The molecule has 0 amide bonds. The van der Waals surface area contributed by atoms with Crippen LogP contribution in [0.2, 0.25) is 0 Å². The molecule has 1 aromatic heterocycles. The molecular formula is C6H8N2S2. The largest absolute Gasteiger partial charge is 0.174 e. The van der Waals surface area contributed by atoms with Crippen molar-refractivity contribution < 1.29 is 0 Å².